The van der Waals surface area contributed by atoms with Gasteiger partial charge in [0, 0.05) is 24.6 Å². The molecule has 0 spiro atoms. The second kappa shape index (κ2) is 4.88. The number of rotatable bonds is 4. The Labute approximate surface area is 127 Å². The summed E-state index contributed by atoms with van der Waals surface area (Å²) in [4.78, 5) is 2.01. The van der Waals surface area contributed by atoms with Gasteiger partial charge in [-0.3, -0.25) is 5.43 Å². The van der Waals surface area contributed by atoms with Crippen LogP contribution in [0, 0.1) is 0 Å². The lowest BCUT2D eigenvalue weighted by Gasteiger charge is -2.48. The number of nitrogens with zero attached hydrogens (tertiary/aromatic N) is 7. The smallest absolute Gasteiger partial charge is 0.425 e. The summed E-state index contributed by atoms with van der Waals surface area (Å²) in [6, 6.07) is 5.91. The average Bonchev–Trinajstić information content (AvgIpc) is 3.31. The van der Waals surface area contributed by atoms with Gasteiger partial charge in [-0.05, 0) is 49.9 Å². The summed E-state index contributed by atoms with van der Waals surface area (Å²) >= 11 is 0. The lowest BCUT2D eigenvalue weighted by atomic mass is 9.74. The van der Waals surface area contributed by atoms with Gasteiger partial charge in [-0.1, -0.05) is 6.08 Å². The first kappa shape index (κ1) is 12.9. The average molecular weight is 295 g/mol. The van der Waals surface area contributed by atoms with Gasteiger partial charge in [0.2, 0.25) is 0 Å². The monoisotopic (exact) mass is 295 g/mol. The SMILES string of the molecule is CC1C=CN([B-](n2cccn2)(n2cccn2)n2cccn2)N1. The lowest BCUT2D eigenvalue weighted by Crippen LogP contribution is -2.72. The highest BCUT2D eigenvalue weighted by molar-refractivity contribution is 6.71. The van der Waals surface area contributed by atoms with Crippen LogP contribution in [-0.2, 0) is 0 Å². The standard InChI is InChI=1S/C13H16BN8/c1-13-5-12-22(18-13)14(19-9-2-6-15-19,20-10-3-7-16-20)21-11-4-8-17-21/h2-13,18H,1H3/q-1. The molecule has 0 amide bonds. The first-order chi connectivity index (χ1) is 10.8. The number of aromatic nitrogens is 6. The molecule has 4 heterocycles. The van der Waals surface area contributed by atoms with E-state index in [9.17, 15) is 0 Å². The van der Waals surface area contributed by atoms with Crippen molar-refractivity contribution in [3.63, 3.8) is 0 Å². The summed E-state index contributed by atoms with van der Waals surface area (Å²) in [5.41, 5.74) is 3.43. The molecule has 0 bridgehead atoms. The zero-order valence-electron chi connectivity index (χ0n) is 12.1. The van der Waals surface area contributed by atoms with Crippen LogP contribution in [-0.4, -0.2) is 46.7 Å². The number of hydrazine groups is 1. The first-order valence-corrected chi connectivity index (χ1v) is 7.20. The van der Waals surface area contributed by atoms with Crippen LogP contribution in [0.1, 0.15) is 6.92 Å². The molecule has 0 aromatic carbocycles. The summed E-state index contributed by atoms with van der Waals surface area (Å²) in [6.07, 6.45) is 15.1. The van der Waals surface area contributed by atoms with E-state index in [0.29, 0.717) is 0 Å². The molecule has 8 nitrogen and oxygen atoms in total. The third-order valence-corrected chi connectivity index (χ3v) is 3.90. The van der Waals surface area contributed by atoms with Crippen molar-refractivity contribution < 1.29 is 0 Å². The zero-order valence-corrected chi connectivity index (χ0v) is 12.1. The van der Waals surface area contributed by atoms with Gasteiger partial charge in [0.25, 0.3) is 0 Å². The van der Waals surface area contributed by atoms with Crippen molar-refractivity contribution >= 4 is 6.69 Å². The van der Waals surface area contributed by atoms with Crippen molar-refractivity contribution in [3.8, 4) is 0 Å². The fraction of sp³-hybridized carbons (Fsp3) is 0.154. The molecule has 1 aliphatic rings. The van der Waals surface area contributed by atoms with E-state index in [-0.39, 0.29) is 6.04 Å². The Morgan fingerprint density at radius 2 is 1.36 bits per heavy atom. The maximum Gasteiger partial charge on any atom is 0.460 e. The summed E-state index contributed by atoms with van der Waals surface area (Å²) in [7, 11) is 0. The number of hydrogen-bond donors (Lipinski definition) is 1. The van der Waals surface area contributed by atoms with E-state index in [4.69, 9.17) is 0 Å². The van der Waals surface area contributed by atoms with Crippen molar-refractivity contribution in [1.29, 1.82) is 0 Å². The molecule has 22 heavy (non-hydrogen) atoms. The Morgan fingerprint density at radius 1 is 0.864 bits per heavy atom. The second-order valence-electron chi connectivity index (χ2n) is 5.32. The Bertz CT molecular complexity index is 662. The highest BCUT2D eigenvalue weighted by Gasteiger charge is 2.42. The molecular weight excluding hydrogens is 279 g/mol. The van der Waals surface area contributed by atoms with Gasteiger partial charge >= 0.3 is 6.69 Å². The van der Waals surface area contributed by atoms with Gasteiger partial charge in [0.05, 0.1) is 0 Å². The van der Waals surface area contributed by atoms with Gasteiger partial charge in [-0.2, -0.15) is 0 Å². The molecule has 3 aromatic rings. The molecule has 3 aromatic heterocycles. The van der Waals surface area contributed by atoms with Crippen molar-refractivity contribution in [1.82, 2.24) is 39.4 Å². The van der Waals surface area contributed by atoms with Crippen molar-refractivity contribution in [3.05, 3.63) is 67.7 Å². The third kappa shape index (κ3) is 1.72. The Hall–Kier alpha value is -2.81. The molecule has 1 atom stereocenters. The Morgan fingerprint density at radius 3 is 1.68 bits per heavy atom. The molecule has 112 valence electrons. The number of nitrogens with one attached hydrogen (secondary N) is 1. The third-order valence-electron chi connectivity index (χ3n) is 3.90. The largest absolute Gasteiger partial charge is 0.460 e. The van der Waals surface area contributed by atoms with Crippen molar-refractivity contribution in [2.45, 2.75) is 13.0 Å². The summed E-state index contributed by atoms with van der Waals surface area (Å²) in [6.45, 7) is 0.314. The Kier molecular flexibility index (Phi) is 2.86. The molecule has 1 N–H and O–H groups in total. The van der Waals surface area contributed by atoms with Crippen molar-refractivity contribution in [2.75, 3.05) is 0 Å². The second-order valence-corrected chi connectivity index (χ2v) is 5.32. The van der Waals surface area contributed by atoms with Gasteiger partial charge < -0.3 is 18.7 Å². The quantitative estimate of drug-likeness (QED) is 0.705. The van der Waals surface area contributed by atoms with E-state index in [1.54, 1.807) is 18.6 Å². The van der Waals surface area contributed by atoms with Crippen LogP contribution in [0.5, 0.6) is 0 Å². The van der Waals surface area contributed by atoms with Crippen LogP contribution in [0.2, 0.25) is 0 Å². The molecule has 4 rings (SSSR count). The number of hydrogen-bond acceptors (Lipinski definition) is 5. The minimum atomic E-state index is -1.78. The lowest BCUT2D eigenvalue weighted by molar-refractivity contribution is 0.371. The summed E-state index contributed by atoms with van der Waals surface area (Å²) in [5.74, 6) is 0. The molecule has 1 aliphatic heterocycles. The van der Waals surface area contributed by atoms with Crippen LogP contribution < -0.4 is 5.43 Å². The molecule has 0 radical (unpaired) electrons. The fourth-order valence-corrected chi connectivity index (χ4v) is 2.96. The zero-order chi connectivity index (χ0) is 15.0. The van der Waals surface area contributed by atoms with Crippen LogP contribution in [0.4, 0.5) is 0 Å². The maximum absolute atomic E-state index is 4.48. The van der Waals surface area contributed by atoms with E-state index in [0.717, 1.165) is 0 Å². The van der Waals surface area contributed by atoms with Gasteiger partial charge in [-0.15, -0.1) is 0 Å². The Balaban J connectivity index is 1.99. The van der Waals surface area contributed by atoms with Gasteiger partial charge in [0.15, 0.2) is 0 Å². The van der Waals surface area contributed by atoms with Crippen molar-refractivity contribution in [2.24, 2.45) is 0 Å². The highest BCUT2D eigenvalue weighted by Crippen LogP contribution is 2.19. The van der Waals surface area contributed by atoms with E-state index in [1.807, 2.05) is 61.7 Å². The fourth-order valence-electron chi connectivity index (χ4n) is 2.96. The predicted molar refractivity (Wildman–Crippen MR) is 82.2 cm³/mol. The summed E-state index contributed by atoms with van der Waals surface area (Å²) in [5, 5.41) is 13.4. The first-order valence-electron chi connectivity index (χ1n) is 7.20. The maximum atomic E-state index is 4.48. The van der Waals surface area contributed by atoms with Gasteiger partial charge in [-0.25, -0.2) is 15.3 Å². The van der Waals surface area contributed by atoms with Crippen LogP contribution in [0.25, 0.3) is 0 Å². The van der Waals surface area contributed by atoms with E-state index < -0.39 is 6.69 Å². The highest BCUT2D eigenvalue weighted by atomic mass is 15.7. The van der Waals surface area contributed by atoms with E-state index in [1.165, 1.54) is 0 Å². The van der Waals surface area contributed by atoms with E-state index in [2.05, 4.69) is 33.7 Å². The molecule has 1 unspecified atom stereocenters. The molecule has 0 saturated heterocycles. The topological polar surface area (TPSA) is 68.7 Å². The van der Waals surface area contributed by atoms with Crippen LogP contribution >= 0.6 is 0 Å². The summed E-state index contributed by atoms with van der Waals surface area (Å²) < 4.78 is 5.61. The van der Waals surface area contributed by atoms with Crippen LogP contribution in [0.3, 0.4) is 0 Å². The molecule has 9 heteroatoms. The minimum Gasteiger partial charge on any atom is -0.425 e. The molecule has 0 aliphatic carbocycles. The predicted octanol–water partition coefficient (Wildman–Crippen LogP) is 0.379. The minimum absolute atomic E-state index is 0.225. The molecule has 0 saturated carbocycles. The molecular formula is C13H16BN8-. The van der Waals surface area contributed by atoms with Crippen LogP contribution in [0.15, 0.2) is 67.7 Å². The molecule has 0 fully saturated rings. The van der Waals surface area contributed by atoms with E-state index >= 15 is 0 Å². The van der Waals surface area contributed by atoms with Gasteiger partial charge in [0.1, 0.15) is 0 Å². The normalized spacial score (nSPS) is 18.2.